The van der Waals surface area contributed by atoms with E-state index in [1.807, 2.05) is 4.90 Å². The zero-order valence-electron chi connectivity index (χ0n) is 16.2. The van der Waals surface area contributed by atoms with Gasteiger partial charge >= 0.3 is 5.97 Å². The third-order valence-electron chi connectivity index (χ3n) is 4.94. The Kier molecular flexibility index (Phi) is 6.64. The van der Waals surface area contributed by atoms with Gasteiger partial charge in [0.05, 0.1) is 17.6 Å². The quantitative estimate of drug-likeness (QED) is 0.403. The number of hydrogen-bond acceptors (Lipinski definition) is 6. The molecule has 1 saturated heterocycles. The van der Waals surface area contributed by atoms with Gasteiger partial charge in [0.15, 0.2) is 11.6 Å². The van der Waals surface area contributed by atoms with E-state index < -0.39 is 16.7 Å². The molecule has 0 N–H and O–H groups in total. The van der Waals surface area contributed by atoms with Gasteiger partial charge in [-0.25, -0.2) is 9.18 Å². The van der Waals surface area contributed by atoms with E-state index in [2.05, 4.69) is 0 Å². The highest BCUT2D eigenvalue weighted by Crippen LogP contribution is 2.31. The molecule has 1 aliphatic heterocycles. The Hall–Kier alpha value is -3.16. The molecule has 0 spiro atoms. The van der Waals surface area contributed by atoms with Crippen molar-refractivity contribution >= 4 is 17.3 Å². The molecule has 0 amide bonds. The lowest BCUT2D eigenvalue weighted by Crippen LogP contribution is -2.24. The average Bonchev–Trinajstić information content (AvgIpc) is 3.01. The maximum Gasteiger partial charge on any atom is 0.338 e. The second kappa shape index (κ2) is 9.36. The number of esters is 1. The largest absolute Gasteiger partial charge is 0.494 e. The molecule has 2 aromatic rings. The predicted octanol–water partition coefficient (Wildman–Crippen LogP) is 4.48. The van der Waals surface area contributed by atoms with Crippen molar-refractivity contribution in [3.63, 3.8) is 0 Å². The number of hydrogen-bond donors (Lipinski definition) is 0. The summed E-state index contributed by atoms with van der Waals surface area (Å²) in [6, 6.07) is 8.63. The number of carbonyl (C=O) groups is 1. The van der Waals surface area contributed by atoms with Crippen molar-refractivity contribution in [1.82, 2.24) is 0 Å². The molecular weight excluding hydrogens is 379 g/mol. The van der Waals surface area contributed by atoms with Gasteiger partial charge in [0.25, 0.3) is 5.69 Å². The van der Waals surface area contributed by atoms with Gasteiger partial charge in [-0.15, -0.1) is 0 Å². The molecule has 0 unspecified atom stereocenters. The Balaban J connectivity index is 1.74. The second-order valence-electron chi connectivity index (χ2n) is 6.91. The van der Waals surface area contributed by atoms with Gasteiger partial charge in [0, 0.05) is 19.2 Å². The van der Waals surface area contributed by atoms with Crippen LogP contribution in [0.4, 0.5) is 15.8 Å². The summed E-state index contributed by atoms with van der Waals surface area (Å²) in [5.74, 6) is -1.16. The number of benzene rings is 2. The standard InChI is InChI=1S/C21H23FN2O5/c1-28-20-9-6-15(12-17(20)22)14-29-21(25)16-7-8-18(19(13-16)24(26)27)23-10-4-2-3-5-11-23/h6-9,12-13H,2-5,10-11,14H2,1H3. The summed E-state index contributed by atoms with van der Waals surface area (Å²) < 4.78 is 23.8. The number of methoxy groups -OCH3 is 1. The van der Waals surface area contributed by atoms with Crippen LogP contribution in [0.2, 0.25) is 0 Å². The predicted molar refractivity (Wildman–Crippen MR) is 106 cm³/mol. The van der Waals surface area contributed by atoms with Crippen LogP contribution >= 0.6 is 0 Å². The van der Waals surface area contributed by atoms with Gasteiger partial charge in [-0.05, 0) is 42.7 Å². The smallest absolute Gasteiger partial charge is 0.338 e. The van der Waals surface area contributed by atoms with Crippen LogP contribution in [0, 0.1) is 15.9 Å². The van der Waals surface area contributed by atoms with E-state index in [0.717, 1.165) is 38.8 Å². The molecule has 0 radical (unpaired) electrons. The number of rotatable bonds is 6. The number of nitrogens with zero attached hydrogens (tertiary/aromatic N) is 2. The number of halogens is 1. The van der Waals surface area contributed by atoms with Crippen molar-refractivity contribution < 1.29 is 23.6 Å². The summed E-state index contributed by atoms with van der Waals surface area (Å²) in [6.07, 6.45) is 4.19. The van der Waals surface area contributed by atoms with E-state index in [9.17, 15) is 19.3 Å². The zero-order valence-corrected chi connectivity index (χ0v) is 16.2. The first kappa shape index (κ1) is 20.6. The molecule has 1 heterocycles. The third-order valence-corrected chi connectivity index (χ3v) is 4.94. The molecular formula is C21H23FN2O5. The topological polar surface area (TPSA) is 81.9 Å². The molecule has 0 atom stereocenters. The van der Waals surface area contributed by atoms with Crippen LogP contribution in [-0.2, 0) is 11.3 Å². The van der Waals surface area contributed by atoms with Crippen LogP contribution in [0.5, 0.6) is 5.75 Å². The lowest BCUT2D eigenvalue weighted by Gasteiger charge is -2.22. The van der Waals surface area contributed by atoms with Crippen molar-refractivity contribution in [2.75, 3.05) is 25.1 Å². The number of ether oxygens (including phenoxy) is 2. The van der Waals surface area contributed by atoms with Gasteiger partial charge in [0.2, 0.25) is 0 Å². The van der Waals surface area contributed by atoms with Crippen molar-refractivity contribution in [3.8, 4) is 5.75 Å². The van der Waals surface area contributed by atoms with Gasteiger partial charge in [-0.1, -0.05) is 18.9 Å². The highest BCUT2D eigenvalue weighted by atomic mass is 19.1. The molecule has 1 aliphatic rings. The van der Waals surface area contributed by atoms with Crippen LogP contribution < -0.4 is 9.64 Å². The van der Waals surface area contributed by atoms with Crippen molar-refractivity contribution in [3.05, 3.63) is 63.5 Å². The lowest BCUT2D eigenvalue weighted by atomic mass is 10.1. The van der Waals surface area contributed by atoms with Crippen LogP contribution in [-0.4, -0.2) is 31.1 Å². The molecule has 0 saturated carbocycles. The maximum atomic E-state index is 13.7. The Morgan fingerprint density at radius 3 is 2.48 bits per heavy atom. The summed E-state index contributed by atoms with van der Waals surface area (Å²) in [4.78, 5) is 25.5. The second-order valence-corrected chi connectivity index (χ2v) is 6.91. The van der Waals surface area contributed by atoms with Gasteiger partial charge in [-0.3, -0.25) is 10.1 Å². The summed E-state index contributed by atoms with van der Waals surface area (Å²) in [6.45, 7) is 1.36. The number of carbonyl (C=O) groups excluding carboxylic acids is 1. The van der Waals surface area contributed by atoms with E-state index in [1.165, 1.54) is 31.4 Å². The fourth-order valence-corrected chi connectivity index (χ4v) is 3.41. The van der Waals surface area contributed by atoms with Crippen molar-refractivity contribution in [2.24, 2.45) is 0 Å². The Morgan fingerprint density at radius 1 is 1.14 bits per heavy atom. The van der Waals surface area contributed by atoms with E-state index in [-0.39, 0.29) is 23.6 Å². The van der Waals surface area contributed by atoms with E-state index in [1.54, 1.807) is 12.1 Å². The molecule has 0 aliphatic carbocycles. The summed E-state index contributed by atoms with van der Waals surface area (Å²) >= 11 is 0. The highest BCUT2D eigenvalue weighted by Gasteiger charge is 2.23. The molecule has 1 fully saturated rings. The van der Waals surface area contributed by atoms with Crippen LogP contribution in [0.15, 0.2) is 36.4 Å². The maximum absolute atomic E-state index is 13.7. The normalized spacial score (nSPS) is 14.2. The zero-order chi connectivity index (χ0) is 20.8. The Morgan fingerprint density at radius 2 is 1.86 bits per heavy atom. The van der Waals surface area contributed by atoms with Gasteiger partial charge < -0.3 is 14.4 Å². The van der Waals surface area contributed by atoms with Crippen molar-refractivity contribution in [1.29, 1.82) is 0 Å². The van der Waals surface area contributed by atoms with Crippen LogP contribution in [0.1, 0.15) is 41.6 Å². The molecule has 0 aromatic heterocycles. The molecule has 154 valence electrons. The first-order valence-electron chi connectivity index (χ1n) is 9.52. The number of nitro groups is 1. The summed E-state index contributed by atoms with van der Waals surface area (Å²) in [5.41, 5.74) is 0.944. The minimum Gasteiger partial charge on any atom is -0.494 e. The molecule has 7 nitrogen and oxygen atoms in total. The molecule has 29 heavy (non-hydrogen) atoms. The minimum atomic E-state index is -0.702. The number of nitro benzene ring substituents is 1. The SMILES string of the molecule is COc1ccc(COC(=O)c2ccc(N3CCCCCC3)c([N+](=O)[O-])c2)cc1F. The summed E-state index contributed by atoms with van der Waals surface area (Å²) in [5, 5.41) is 11.6. The van der Waals surface area contributed by atoms with Crippen LogP contribution in [0.3, 0.4) is 0 Å². The van der Waals surface area contributed by atoms with E-state index >= 15 is 0 Å². The molecule has 8 heteroatoms. The summed E-state index contributed by atoms with van der Waals surface area (Å²) in [7, 11) is 1.36. The van der Waals surface area contributed by atoms with Crippen molar-refractivity contribution in [2.45, 2.75) is 32.3 Å². The van der Waals surface area contributed by atoms with E-state index in [4.69, 9.17) is 9.47 Å². The first-order valence-corrected chi connectivity index (χ1v) is 9.52. The minimum absolute atomic E-state index is 0.0873. The molecule has 3 rings (SSSR count). The van der Waals surface area contributed by atoms with E-state index in [0.29, 0.717) is 11.3 Å². The third kappa shape index (κ3) is 5.01. The fraction of sp³-hybridized carbons (Fsp3) is 0.381. The fourth-order valence-electron chi connectivity index (χ4n) is 3.41. The number of anilines is 1. The lowest BCUT2D eigenvalue weighted by molar-refractivity contribution is -0.384. The first-order chi connectivity index (χ1) is 14.0. The van der Waals surface area contributed by atoms with Gasteiger partial charge in [0.1, 0.15) is 12.3 Å². The average molecular weight is 402 g/mol. The van der Waals surface area contributed by atoms with Gasteiger partial charge in [-0.2, -0.15) is 0 Å². The Labute approximate surface area is 168 Å². The monoisotopic (exact) mass is 402 g/mol. The molecule has 2 aromatic carbocycles. The Bertz CT molecular complexity index is 895. The molecule has 0 bridgehead atoms. The van der Waals surface area contributed by atoms with Crippen LogP contribution in [0.25, 0.3) is 0 Å². The highest BCUT2D eigenvalue weighted by molar-refractivity contribution is 5.91.